The van der Waals surface area contributed by atoms with E-state index in [0.29, 0.717) is 0 Å². The molecule has 15 heteroatoms. The number of ether oxygens (including phenoxy) is 3. The molecular formula is C21H35N2O13-. The van der Waals surface area contributed by atoms with Crippen molar-refractivity contribution in [1.29, 1.82) is 0 Å². The largest absolute Gasteiger partial charge is 0.550 e. The van der Waals surface area contributed by atoms with Crippen molar-refractivity contribution in [3.8, 4) is 0 Å². The Labute approximate surface area is 207 Å². The standard InChI is InChI=1S/C21H36N2O13/c1-4-34-18(32)14(10(2)35-19-17(31)16(30)15(29)11(3)36-19)22-20(33)21(8-24,9-25)23-12(26)6-5-7-13(27)28/h10-11,14-17,19,24-25,29-31H,4-9H2,1-3H3,(H,22,33)(H,23,26)(H,27,28)/p-1/t10-,11+,14+,15-,16?,17?,19-/m1/s1. The van der Waals surface area contributed by atoms with E-state index in [1.165, 1.54) is 20.8 Å². The van der Waals surface area contributed by atoms with Crippen LogP contribution in [0.1, 0.15) is 40.0 Å². The van der Waals surface area contributed by atoms with E-state index in [-0.39, 0.29) is 19.4 Å². The summed E-state index contributed by atoms with van der Waals surface area (Å²) in [6.45, 7) is 1.95. The van der Waals surface area contributed by atoms with Gasteiger partial charge in [0.1, 0.15) is 18.3 Å². The lowest BCUT2D eigenvalue weighted by Gasteiger charge is -2.40. The number of carboxylic acids is 1. The van der Waals surface area contributed by atoms with Gasteiger partial charge in [-0.3, -0.25) is 9.59 Å². The number of rotatable bonds is 14. The maximum atomic E-state index is 13.0. The lowest BCUT2D eigenvalue weighted by molar-refractivity contribution is -0.305. The molecule has 0 aliphatic carbocycles. The van der Waals surface area contributed by atoms with E-state index < -0.39 is 91.8 Å². The molecule has 1 saturated heterocycles. The van der Waals surface area contributed by atoms with E-state index in [1.807, 2.05) is 0 Å². The Morgan fingerprint density at radius 1 is 1.06 bits per heavy atom. The van der Waals surface area contributed by atoms with Gasteiger partial charge >= 0.3 is 5.97 Å². The van der Waals surface area contributed by atoms with Gasteiger partial charge in [0.2, 0.25) is 5.91 Å². The molecule has 1 rings (SSSR count). The molecule has 0 saturated carbocycles. The van der Waals surface area contributed by atoms with Crippen LogP contribution in [0.5, 0.6) is 0 Å². The van der Waals surface area contributed by atoms with Crippen LogP contribution in [0.4, 0.5) is 0 Å². The SMILES string of the molecule is CCOC(=O)[C@@H](NC(=O)C(CO)(CO)NC(=O)CCCC(=O)[O-])[C@@H](C)O[C@@H]1O[C@@H](C)[C@@H](O)C(O)C1O. The van der Waals surface area contributed by atoms with Gasteiger partial charge in [-0.05, 0) is 33.6 Å². The second-order valence-corrected chi connectivity index (χ2v) is 8.40. The third-order valence-electron chi connectivity index (χ3n) is 5.59. The maximum Gasteiger partial charge on any atom is 0.331 e. The fourth-order valence-electron chi connectivity index (χ4n) is 3.35. The third-order valence-corrected chi connectivity index (χ3v) is 5.59. The van der Waals surface area contributed by atoms with Crippen molar-refractivity contribution in [1.82, 2.24) is 10.6 Å². The van der Waals surface area contributed by atoms with Crippen molar-refractivity contribution >= 4 is 23.8 Å². The number of aliphatic hydroxyl groups excluding tert-OH is 5. The first-order valence-corrected chi connectivity index (χ1v) is 11.4. The zero-order valence-electron chi connectivity index (χ0n) is 20.3. The predicted molar refractivity (Wildman–Crippen MR) is 115 cm³/mol. The van der Waals surface area contributed by atoms with Crippen molar-refractivity contribution < 1.29 is 64.0 Å². The van der Waals surface area contributed by atoms with Crippen LogP contribution in [0.25, 0.3) is 0 Å². The van der Waals surface area contributed by atoms with E-state index in [4.69, 9.17) is 14.2 Å². The molecule has 36 heavy (non-hydrogen) atoms. The van der Waals surface area contributed by atoms with E-state index in [0.717, 1.165) is 0 Å². The average molecular weight is 524 g/mol. The molecule has 0 spiro atoms. The molecule has 1 fully saturated rings. The predicted octanol–water partition coefficient (Wildman–Crippen LogP) is -4.97. The summed E-state index contributed by atoms with van der Waals surface area (Å²) in [5, 5.41) is 64.4. The summed E-state index contributed by atoms with van der Waals surface area (Å²) in [6, 6.07) is -1.60. The number of carbonyl (C=O) groups is 4. The quantitative estimate of drug-likeness (QED) is 0.106. The Morgan fingerprint density at radius 3 is 2.19 bits per heavy atom. The van der Waals surface area contributed by atoms with Crippen LogP contribution in [0.2, 0.25) is 0 Å². The minimum Gasteiger partial charge on any atom is -0.550 e. The number of nitrogens with one attached hydrogen (secondary N) is 2. The third kappa shape index (κ3) is 8.33. The number of aliphatic carboxylic acids is 1. The highest BCUT2D eigenvalue weighted by Crippen LogP contribution is 2.23. The molecule has 0 aromatic carbocycles. The molecule has 0 bridgehead atoms. The molecule has 2 amide bonds. The molecule has 208 valence electrons. The van der Waals surface area contributed by atoms with Crippen molar-refractivity contribution in [2.45, 2.75) is 88.4 Å². The number of aliphatic hydroxyl groups is 5. The molecular weight excluding hydrogens is 488 g/mol. The number of hydrogen-bond acceptors (Lipinski definition) is 13. The van der Waals surface area contributed by atoms with Crippen molar-refractivity contribution in [3.05, 3.63) is 0 Å². The fraction of sp³-hybridized carbons (Fsp3) is 0.810. The van der Waals surface area contributed by atoms with E-state index >= 15 is 0 Å². The first-order valence-electron chi connectivity index (χ1n) is 11.4. The number of hydrogen-bond donors (Lipinski definition) is 7. The monoisotopic (exact) mass is 523 g/mol. The van der Waals surface area contributed by atoms with Crippen molar-refractivity contribution in [3.63, 3.8) is 0 Å². The van der Waals surface area contributed by atoms with Gasteiger partial charge in [-0.25, -0.2) is 4.79 Å². The Bertz CT molecular complexity index is 760. The van der Waals surface area contributed by atoms with Crippen LogP contribution < -0.4 is 15.7 Å². The molecule has 1 aliphatic rings. The lowest BCUT2D eigenvalue weighted by Crippen LogP contribution is -2.67. The van der Waals surface area contributed by atoms with Gasteiger partial charge in [0.25, 0.3) is 5.91 Å². The Balaban J connectivity index is 3.03. The van der Waals surface area contributed by atoms with Gasteiger partial charge < -0.3 is 60.3 Å². The summed E-state index contributed by atoms with van der Waals surface area (Å²) in [5.41, 5.74) is -2.29. The zero-order valence-corrected chi connectivity index (χ0v) is 20.3. The van der Waals surface area contributed by atoms with Gasteiger partial charge in [0.05, 0.1) is 32.0 Å². The summed E-state index contributed by atoms with van der Waals surface area (Å²) in [5.74, 6) is -4.43. The van der Waals surface area contributed by atoms with Crippen LogP contribution in [0.15, 0.2) is 0 Å². The maximum absolute atomic E-state index is 13.0. The highest BCUT2D eigenvalue weighted by Gasteiger charge is 2.46. The van der Waals surface area contributed by atoms with Crippen molar-refractivity contribution in [2.75, 3.05) is 19.8 Å². The number of carboxylic acid groups (broad SMARTS) is 1. The molecule has 15 nitrogen and oxygen atoms in total. The first-order chi connectivity index (χ1) is 16.8. The minimum atomic E-state index is -2.29. The lowest BCUT2D eigenvalue weighted by atomic mass is 9.98. The molecule has 1 aliphatic heterocycles. The van der Waals surface area contributed by atoms with Gasteiger partial charge in [-0.2, -0.15) is 0 Å². The summed E-state index contributed by atoms with van der Waals surface area (Å²) in [7, 11) is 0. The average Bonchev–Trinajstić information content (AvgIpc) is 2.82. The topological polar surface area (TPSA) is 244 Å². The second-order valence-electron chi connectivity index (χ2n) is 8.40. The van der Waals surface area contributed by atoms with Crippen LogP contribution >= 0.6 is 0 Å². The molecule has 7 atom stereocenters. The van der Waals surface area contributed by atoms with Crippen LogP contribution in [-0.4, -0.2) is 117 Å². The molecule has 0 aromatic heterocycles. The van der Waals surface area contributed by atoms with Crippen LogP contribution in [0.3, 0.4) is 0 Å². The van der Waals surface area contributed by atoms with E-state index in [9.17, 15) is 49.8 Å². The minimum absolute atomic E-state index is 0.0945. The molecule has 0 aromatic rings. The van der Waals surface area contributed by atoms with Gasteiger partial charge in [0, 0.05) is 12.4 Å². The van der Waals surface area contributed by atoms with Gasteiger partial charge in [-0.1, -0.05) is 0 Å². The summed E-state index contributed by atoms with van der Waals surface area (Å²) < 4.78 is 15.8. The van der Waals surface area contributed by atoms with Gasteiger partial charge in [0.15, 0.2) is 17.9 Å². The van der Waals surface area contributed by atoms with Gasteiger partial charge in [-0.15, -0.1) is 0 Å². The smallest absolute Gasteiger partial charge is 0.331 e. The highest BCUT2D eigenvalue weighted by molar-refractivity contribution is 5.94. The molecule has 7 N–H and O–H groups in total. The molecule has 0 radical (unpaired) electrons. The fourth-order valence-corrected chi connectivity index (χ4v) is 3.35. The Morgan fingerprint density at radius 2 is 1.67 bits per heavy atom. The summed E-state index contributed by atoms with van der Waals surface area (Å²) in [4.78, 5) is 48.3. The number of amides is 2. The van der Waals surface area contributed by atoms with E-state index in [1.54, 1.807) is 0 Å². The Hall–Kier alpha value is -2.40. The van der Waals surface area contributed by atoms with E-state index in [2.05, 4.69) is 10.6 Å². The number of carbonyl (C=O) groups excluding carboxylic acids is 4. The molecule has 2 unspecified atom stereocenters. The van der Waals surface area contributed by atoms with Crippen LogP contribution in [0, 0.1) is 0 Å². The van der Waals surface area contributed by atoms with Crippen molar-refractivity contribution in [2.24, 2.45) is 0 Å². The summed E-state index contributed by atoms with van der Waals surface area (Å²) >= 11 is 0. The first kappa shape index (κ1) is 31.6. The zero-order chi connectivity index (χ0) is 27.6. The Kier molecular flexibility index (Phi) is 12.6. The van der Waals surface area contributed by atoms with Crippen LogP contribution in [-0.2, 0) is 33.4 Å². The molecule has 1 heterocycles. The normalized spacial score (nSPS) is 25.9. The highest BCUT2D eigenvalue weighted by atomic mass is 16.7. The number of esters is 1. The second kappa shape index (κ2) is 14.4. The summed E-state index contributed by atoms with van der Waals surface area (Å²) in [6.07, 6.45) is -9.36.